The molecular weight excluding hydrogens is 150 g/mol. The zero-order chi connectivity index (χ0) is 9.94. The van der Waals surface area contributed by atoms with E-state index in [9.17, 15) is 0 Å². The molecule has 0 aliphatic carbocycles. The van der Waals surface area contributed by atoms with Gasteiger partial charge in [0.2, 0.25) is 0 Å². The van der Waals surface area contributed by atoms with Gasteiger partial charge >= 0.3 is 0 Å². The third-order valence-electron chi connectivity index (χ3n) is 2.62. The summed E-state index contributed by atoms with van der Waals surface area (Å²) in [7, 11) is 12.7. The highest BCUT2D eigenvalue weighted by atomic mass is 15.5. The highest BCUT2D eigenvalue weighted by Gasteiger charge is 2.35. The van der Waals surface area contributed by atoms with Gasteiger partial charge in [-0.1, -0.05) is 6.92 Å². The molecule has 3 heteroatoms. The Morgan fingerprint density at radius 1 is 0.750 bits per heavy atom. The fourth-order valence-electron chi connectivity index (χ4n) is 2.15. The molecule has 0 bridgehead atoms. The summed E-state index contributed by atoms with van der Waals surface area (Å²) >= 11 is 0. The highest BCUT2D eigenvalue weighted by molar-refractivity contribution is 4.80. The van der Waals surface area contributed by atoms with Crippen LogP contribution in [0.25, 0.3) is 0 Å². The zero-order valence-electron chi connectivity index (χ0n) is 9.55. The third-order valence-corrected chi connectivity index (χ3v) is 2.62. The summed E-state index contributed by atoms with van der Waals surface area (Å²) < 4.78 is 0. The summed E-state index contributed by atoms with van der Waals surface area (Å²) in [5.74, 6) is 0.0417. The maximum Gasteiger partial charge on any atom is 0.129 e. The van der Waals surface area contributed by atoms with Crippen molar-refractivity contribution in [3.05, 3.63) is 0 Å². The fraction of sp³-hybridized carbons (Fsp3) is 1.00. The van der Waals surface area contributed by atoms with Crippen LogP contribution in [0.15, 0.2) is 0 Å². The van der Waals surface area contributed by atoms with Crippen LogP contribution in [0, 0.1) is 0 Å². The van der Waals surface area contributed by atoms with Crippen molar-refractivity contribution in [1.29, 1.82) is 0 Å². The molecule has 0 rings (SSSR count). The number of rotatable bonds is 4. The van der Waals surface area contributed by atoms with E-state index in [1.807, 2.05) is 0 Å². The number of hydrogen-bond acceptors (Lipinski definition) is 3. The van der Waals surface area contributed by atoms with E-state index in [2.05, 4.69) is 63.9 Å². The molecule has 74 valence electrons. The second-order valence-electron chi connectivity index (χ2n) is 3.81. The van der Waals surface area contributed by atoms with Gasteiger partial charge in [0.1, 0.15) is 5.79 Å². The van der Waals surface area contributed by atoms with Gasteiger partial charge in [0.25, 0.3) is 0 Å². The normalized spacial score (nSPS) is 13.5. The zero-order valence-corrected chi connectivity index (χ0v) is 9.55. The van der Waals surface area contributed by atoms with E-state index < -0.39 is 0 Å². The Labute approximate surface area is 76.9 Å². The van der Waals surface area contributed by atoms with Gasteiger partial charge in [-0.25, -0.2) is 0 Å². The van der Waals surface area contributed by atoms with Crippen LogP contribution in [0.2, 0.25) is 0 Å². The molecule has 0 radical (unpaired) electrons. The third kappa shape index (κ3) is 1.79. The van der Waals surface area contributed by atoms with E-state index >= 15 is 0 Å². The van der Waals surface area contributed by atoms with Crippen molar-refractivity contribution in [1.82, 2.24) is 14.7 Å². The average Bonchev–Trinajstić information content (AvgIpc) is 1.86. The average molecular weight is 173 g/mol. The first kappa shape index (κ1) is 11.9. The first-order valence-corrected chi connectivity index (χ1v) is 4.41. The highest BCUT2D eigenvalue weighted by Crippen LogP contribution is 2.21. The Morgan fingerprint density at radius 3 is 1.00 bits per heavy atom. The minimum Gasteiger partial charge on any atom is -0.279 e. The summed E-state index contributed by atoms with van der Waals surface area (Å²) in [4.78, 5) is 6.73. The minimum absolute atomic E-state index is 0.0417. The monoisotopic (exact) mass is 173 g/mol. The van der Waals surface area contributed by atoms with E-state index in [1.165, 1.54) is 0 Å². The Hall–Kier alpha value is -0.120. The van der Waals surface area contributed by atoms with Gasteiger partial charge in [-0.05, 0) is 48.7 Å². The van der Waals surface area contributed by atoms with Crippen molar-refractivity contribution in [3.8, 4) is 0 Å². The van der Waals surface area contributed by atoms with Gasteiger partial charge in [0, 0.05) is 0 Å². The smallest absolute Gasteiger partial charge is 0.129 e. The van der Waals surface area contributed by atoms with Crippen molar-refractivity contribution < 1.29 is 0 Å². The Bertz CT molecular complexity index is 108. The molecule has 12 heavy (non-hydrogen) atoms. The van der Waals surface area contributed by atoms with Gasteiger partial charge < -0.3 is 0 Å². The standard InChI is InChI=1S/C9H23N3/c1-8-9(10(2)3,11(4)5)12(6)7/h8H2,1-7H3. The van der Waals surface area contributed by atoms with Crippen LogP contribution in [0.5, 0.6) is 0 Å². The summed E-state index contributed by atoms with van der Waals surface area (Å²) in [5, 5.41) is 0. The van der Waals surface area contributed by atoms with Crippen LogP contribution in [-0.4, -0.2) is 62.8 Å². The number of hydrogen-bond donors (Lipinski definition) is 0. The van der Waals surface area contributed by atoms with E-state index in [0.717, 1.165) is 6.42 Å². The van der Waals surface area contributed by atoms with Crippen LogP contribution >= 0.6 is 0 Å². The molecule has 0 saturated carbocycles. The van der Waals surface area contributed by atoms with Crippen LogP contribution in [-0.2, 0) is 0 Å². The van der Waals surface area contributed by atoms with Gasteiger partial charge in [-0.3, -0.25) is 14.7 Å². The SMILES string of the molecule is CCC(N(C)C)(N(C)C)N(C)C. The minimum atomic E-state index is 0.0417. The molecular formula is C9H23N3. The molecule has 0 amide bonds. The molecule has 0 aromatic carbocycles. The molecule has 0 aliphatic heterocycles. The van der Waals surface area contributed by atoms with Gasteiger partial charge in [0.05, 0.1) is 0 Å². The summed E-state index contributed by atoms with van der Waals surface area (Å²) in [6.07, 6.45) is 1.08. The van der Waals surface area contributed by atoms with Gasteiger partial charge in [0.15, 0.2) is 0 Å². The van der Waals surface area contributed by atoms with Crippen LogP contribution < -0.4 is 0 Å². The largest absolute Gasteiger partial charge is 0.279 e. The van der Waals surface area contributed by atoms with E-state index in [0.29, 0.717) is 0 Å². The Balaban J connectivity index is 4.77. The van der Waals surface area contributed by atoms with E-state index in [1.54, 1.807) is 0 Å². The molecule has 0 heterocycles. The molecule has 0 atom stereocenters. The summed E-state index contributed by atoms with van der Waals surface area (Å²) in [6, 6.07) is 0. The van der Waals surface area contributed by atoms with Crippen molar-refractivity contribution in [2.24, 2.45) is 0 Å². The molecule has 0 N–H and O–H groups in total. The maximum absolute atomic E-state index is 2.24. The predicted octanol–water partition coefficient (Wildman–Crippen LogP) is 0.735. The van der Waals surface area contributed by atoms with E-state index in [4.69, 9.17) is 0 Å². The summed E-state index contributed by atoms with van der Waals surface area (Å²) in [6.45, 7) is 2.21. The molecule has 0 aromatic rings. The molecule has 0 unspecified atom stereocenters. The quantitative estimate of drug-likeness (QED) is 0.580. The van der Waals surface area contributed by atoms with Gasteiger partial charge in [-0.15, -0.1) is 0 Å². The lowest BCUT2D eigenvalue weighted by Gasteiger charge is -2.49. The molecule has 0 aromatic heterocycles. The number of nitrogens with zero attached hydrogens (tertiary/aromatic N) is 3. The van der Waals surface area contributed by atoms with Crippen LogP contribution in [0.4, 0.5) is 0 Å². The van der Waals surface area contributed by atoms with Crippen molar-refractivity contribution >= 4 is 0 Å². The lowest BCUT2D eigenvalue weighted by Crippen LogP contribution is -2.63. The van der Waals surface area contributed by atoms with Crippen molar-refractivity contribution in [2.75, 3.05) is 42.3 Å². The molecule has 0 aliphatic rings. The lowest BCUT2D eigenvalue weighted by atomic mass is 10.2. The van der Waals surface area contributed by atoms with Crippen molar-refractivity contribution in [2.45, 2.75) is 19.1 Å². The second-order valence-corrected chi connectivity index (χ2v) is 3.81. The fourth-order valence-corrected chi connectivity index (χ4v) is 2.15. The topological polar surface area (TPSA) is 9.72 Å². The Morgan fingerprint density at radius 2 is 1.00 bits per heavy atom. The lowest BCUT2D eigenvalue weighted by molar-refractivity contribution is -0.110. The first-order chi connectivity index (χ1) is 5.39. The second kappa shape index (κ2) is 4.21. The first-order valence-electron chi connectivity index (χ1n) is 4.41. The Kier molecular flexibility index (Phi) is 4.17. The molecule has 3 nitrogen and oxygen atoms in total. The van der Waals surface area contributed by atoms with Crippen LogP contribution in [0.3, 0.4) is 0 Å². The molecule has 0 saturated heterocycles. The van der Waals surface area contributed by atoms with Gasteiger partial charge in [-0.2, -0.15) is 0 Å². The van der Waals surface area contributed by atoms with Crippen molar-refractivity contribution in [3.63, 3.8) is 0 Å². The molecule has 0 fully saturated rings. The summed E-state index contributed by atoms with van der Waals surface area (Å²) in [5.41, 5.74) is 0. The van der Waals surface area contributed by atoms with Crippen LogP contribution in [0.1, 0.15) is 13.3 Å². The van der Waals surface area contributed by atoms with E-state index in [-0.39, 0.29) is 5.79 Å². The maximum atomic E-state index is 2.24. The molecule has 0 spiro atoms. The predicted molar refractivity (Wildman–Crippen MR) is 54.1 cm³/mol.